The molecule has 0 saturated heterocycles. The molecule has 0 amide bonds. The van der Waals surface area contributed by atoms with Gasteiger partial charge in [0.1, 0.15) is 16.5 Å². The van der Waals surface area contributed by atoms with Gasteiger partial charge in [-0.15, -0.1) is 11.3 Å². The van der Waals surface area contributed by atoms with Gasteiger partial charge in [0.2, 0.25) is 0 Å². The van der Waals surface area contributed by atoms with Crippen molar-refractivity contribution in [3.63, 3.8) is 0 Å². The van der Waals surface area contributed by atoms with E-state index in [0.717, 1.165) is 41.4 Å². The van der Waals surface area contributed by atoms with Crippen LogP contribution in [-0.4, -0.2) is 46.2 Å². The van der Waals surface area contributed by atoms with Crippen LogP contribution in [0.3, 0.4) is 0 Å². The molecule has 0 aliphatic heterocycles. The second kappa shape index (κ2) is 6.68. The molecule has 114 valence electrons. The van der Waals surface area contributed by atoms with Gasteiger partial charge in [-0.2, -0.15) is 0 Å². The molecule has 1 aliphatic rings. The van der Waals surface area contributed by atoms with Crippen molar-refractivity contribution in [1.82, 2.24) is 14.9 Å². The van der Waals surface area contributed by atoms with Crippen LogP contribution < -0.4 is 5.32 Å². The number of aromatic nitrogens is 2. The first-order chi connectivity index (χ1) is 10.3. The van der Waals surface area contributed by atoms with Crippen LogP contribution in [0.5, 0.6) is 0 Å². The van der Waals surface area contributed by atoms with Crippen molar-refractivity contribution in [1.29, 1.82) is 0 Å². The number of hydrogen-bond acceptors (Lipinski definition) is 6. The molecule has 0 unspecified atom stereocenters. The van der Waals surface area contributed by atoms with Gasteiger partial charge in [-0.1, -0.05) is 6.42 Å². The number of hydrogen-bond donors (Lipinski definition) is 2. The van der Waals surface area contributed by atoms with E-state index in [2.05, 4.69) is 26.6 Å². The summed E-state index contributed by atoms with van der Waals surface area (Å²) in [6.45, 7) is 1.94. The topological polar surface area (TPSA) is 61.3 Å². The molecule has 1 aliphatic carbocycles. The van der Waals surface area contributed by atoms with Gasteiger partial charge in [0.25, 0.3) is 0 Å². The van der Waals surface area contributed by atoms with Crippen LogP contribution in [0.2, 0.25) is 0 Å². The molecule has 0 spiro atoms. The zero-order valence-electron chi connectivity index (χ0n) is 12.4. The van der Waals surface area contributed by atoms with E-state index >= 15 is 0 Å². The lowest BCUT2D eigenvalue weighted by Gasteiger charge is -2.37. The molecule has 2 aromatic rings. The largest absolute Gasteiger partial charge is 0.396 e. The third kappa shape index (κ3) is 3.17. The molecule has 2 heterocycles. The zero-order valence-corrected chi connectivity index (χ0v) is 13.2. The van der Waals surface area contributed by atoms with Crippen LogP contribution >= 0.6 is 11.3 Å². The number of aliphatic hydroxyl groups excluding tert-OH is 1. The highest BCUT2D eigenvalue weighted by Crippen LogP contribution is 2.28. The minimum atomic E-state index is 0.246. The average Bonchev–Trinajstić information content (AvgIpc) is 2.90. The summed E-state index contributed by atoms with van der Waals surface area (Å²) < 4.78 is 0. The highest BCUT2D eigenvalue weighted by atomic mass is 32.1. The van der Waals surface area contributed by atoms with Crippen molar-refractivity contribution in [3.8, 4) is 0 Å². The van der Waals surface area contributed by atoms with Crippen molar-refractivity contribution in [2.45, 2.75) is 38.3 Å². The van der Waals surface area contributed by atoms with E-state index in [9.17, 15) is 0 Å². The number of nitrogens with zero attached hydrogens (tertiary/aromatic N) is 3. The fourth-order valence-electron chi connectivity index (χ4n) is 2.76. The fourth-order valence-corrected chi connectivity index (χ4v) is 3.54. The number of rotatable bonds is 7. The highest BCUT2D eigenvalue weighted by molar-refractivity contribution is 7.16. The molecular weight excluding hydrogens is 284 g/mol. The normalized spacial score (nSPS) is 15.6. The van der Waals surface area contributed by atoms with Crippen LogP contribution in [0.25, 0.3) is 10.2 Å². The lowest BCUT2D eigenvalue weighted by molar-refractivity contribution is 0.107. The minimum absolute atomic E-state index is 0.246. The third-order valence-electron chi connectivity index (χ3n) is 4.15. The third-order valence-corrected chi connectivity index (χ3v) is 4.95. The van der Waals surface area contributed by atoms with E-state index in [1.54, 1.807) is 11.3 Å². The van der Waals surface area contributed by atoms with E-state index in [0.29, 0.717) is 6.04 Å². The number of aliphatic hydroxyl groups is 1. The maximum atomic E-state index is 9.08. The van der Waals surface area contributed by atoms with Gasteiger partial charge in [0.15, 0.2) is 0 Å². The Balaban J connectivity index is 1.80. The SMILES string of the molecule is CNc1nc(CN(CCCO)C2CCC2)nc2sccc12. The number of anilines is 1. The number of nitrogens with one attached hydrogen (secondary N) is 1. The molecular formula is C15H22N4OS. The van der Waals surface area contributed by atoms with Crippen LogP contribution in [-0.2, 0) is 6.54 Å². The smallest absolute Gasteiger partial charge is 0.146 e. The minimum Gasteiger partial charge on any atom is -0.396 e. The lowest BCUT2D eigenvalue weighted by Crippen LogP contribution is -2.40. The molecule has 5 nitrogen and oxygen atoms in total. The van der Waals surface area contributed by atoms with Crippen molar-refractivity contribution in [2.24, 2.45) is 0 Å². The quantitative estimate of drug-likeness (QED) is 0.823. The van der Waals surface area contributed by atoms with Crippen LogP contribution in [0, 0.1) is 0 Å². The van der Waals surface area contributed by atoms with Gasteiger partial charge in [-0.05, 0) is 30.7 Å². The lowest BCUT2D eigenvalue weighted by atomic mass is 9.91. The van der Waals surface area contributed by atoms with Crippen LogP contribution in [0.1, 0.15) is 31.5 Å². The van der Waals surface area contributed by atoms with Gasteiger partial charge in [0.05, 0.1) is 11.9 Å². The Morgan fingerprint density at radius 1 is 1.43 bits per heavy atom. The van der Waals surface area contributed by atoms with E-state index in [1.165, 1.54) is 19.3 Å². The Morgan fingerprint density at radius 2 is 2.29 bits per heavy atom. The molecule has 21 heavy (non-hydrogen) atoms. The van der Waals surface area contributed by atoms with Crippen LogP contribution in [0.15, 0.2) is 11.4 Å². The van der Waals surface area contributed by atoms with E-state index in [-0.39, 0.29) is 6.61 Å². The molecule has 0 aromatic carbocycles. The van der Waals surface area contributed by atoms with Crippen molar-refractivity contribution in [2.75, 3.05) is 25.5 Å². The highest BCUT2D eigenvalue weighted by Gasteiger charge is 2.25. The second-order valence-electron chi connectivity index (χ2n) is 5.51. The molecule has 0 radical (unpaired) electrons. The van der Waals surface area contributed by atoms with Gasteiger partial charge in [0, 0.05) is 26.2 Å². The molecule has 6 heteroatoms. The molecule has 2 N–H and O–H groups in total. The molecule has 3 rings (SSSR count). The molecule has 0 bridgehead atoms. The summed E-state index contributed by atoms with van der Waals surface area (Å²) in [6, 6.07) is 2.70. The predicted octanol–water partition coefficient (Wildman–Crippen LogP) is 2.47. The van der Waals surface area contributed by atoms with E-state index < -0.39 is 0 Å². The first-order valence-electron chi connectivity index (χ1n) is 7.58. The van der Waals surface area contributed by atoms with Crippen molar-refractivity contribution < 1.29 is 5.11 Å². The van der Waals surface area contributed by atoms with Crippen molar-refractivity contribution in [3.05, 3.63) is 17.3 Å². The zero-order chi connectivity index (χ0) is 14.7. The summed E-state index contributed by atoms with van der Waals surface area (Å²) in [5.74, 6) is 1.78. The van der Waals surface area contributed by atoms with Gasteiger partial charge < -0.3 is 10.4 Å². The summed E-state index contributed by atoms with van der Waals surface area (Å²) in [5.41, 5.74) is 0. The van der Waals surface area contributed by atoms with Gasteiger partial charge in [-0.25, -0.2) is 9.97 Å². The second-order valence-corrected chi connectivity index (χ2v) is 6.40. The first-order valence-corrected chi connectivity index (χ1v) is 8.46. The monoisotopic (exact) mass is 306 g/mol. The Kier molecular flexibility index (Phi) is 4.67. The van der Waals surface area contributed by atoms with E-state index in [1.807, 2.05) is 7.05 Å². The molecule has 1 fully saturated rings. The summed E-state index contributed by atoms with van der Waals surface area (Å²) in [5, 5.41) is 15.4. The fraction of sp³-hybridized carbons (Fsp3) is 0.600. The van der Waals surface area contributed by atoms with Gasteiger partial charge >= 0.3 is 0 Å². The number of thiophene rings is 1. The molecule has 0 atom stereocenters. The Morgan fingerprint density at radius 3 is 2.95 bits per heavy atom. The average molecular weight is 306 g/mol. The Bertz CT molecular complexity index is 596. The summed E-state index contributed by atoms with van der Waals surface area (Å²) in [4.78, 5) is 12.8. The van der Waals surface area contributed by atoms with E-state index in [4.69, 9.17) is 10.1 Å². The number of fused-ring (bicyclic) bond motifs is 1. The maximum Gasteiger partial charge on any atom is 0.146 e. The van der Waals surface area contributed by atoms with Crippen molar-refractivity contribution >= 4 is 27.4 Å². The summed E-state index contributed by atoms with van der Waals surface area (Å²) >= 11 is 1.65. The summed E-state index contributed by atoms with van der Waals surface area (Å²) in [6.07, 6.45) is 4.64. The molecule has 2 aromatic heterocycles. The predicted molar refractivity (Wildman–Crippen MR) is 86.7 cm³/mol. The van der Waals surface area contributed by atoms with Gasteiger partial charge in [-0.3, -0.25) is 4.90 Å². The Labute approximate surface area is 129 Å². The van der Waals surface area contributed by atoms with Crippen LogP contribution in [0.4, 0.5) is 5.82 Å². The maximum absolute atomic E-state index is 9.08. The molecule has 1 saturated carbocycles. The standard InChI is InChI=1S/C15H22N4OS/c1-16-14-12-6-9-21-15(12)18-13(17-14)10-19(7-3-8-20)11-4-2-5-11/h6,9,11,20H,2-5,7-8,10H2,1H3,(H,16,17,18). The first kappa shape index (κ1) is 14.7. The Hall–Kier alpha value is -1.24. The summed E-state index contributed by atoms with van der Waals surface area (Å²) in [7, 11) is 1.90.